The Bertz CT molecular complexity index is 703. The van der Waals surface area contributed by atoms with Gasteiger partial charge in [-0.3, -0.25) is 9.59 Å². The van der Waals surface area contributed by atoms with E-state index < -0.39 is 29.6 Å². The van der Waals surface area contributed by atoms with Crippen molar-refractivity contribution in [1.29, 1.82) is 0 Å². The van der Waals surface area contributed by atoms with Crippen LogP contribution >= 0.6 is 0 Å². The van der Waals surface area contributed by atoms with E-state index in [2.05, 4.69) is 10.6 Å². The highest BCUT2D eigenvalue weighted by Gasteiger charge is 2.15. The zero-order chi connectivity index (χ0) is 17.5. The minimum absolute atomic E-state index is 0.0764. The fraction of sp³-hybridized carbons (Fsp3) is 0.176. The van der Waals surface area contributed by atoms with Crippen molar-refractivity contribution in [3.63, 3.8) is 0 Å². The predicted molar refractivity (Wildman–Crippen MR) is 82.6 cm³/mol. The van der Waals surface area contributed by atoms with E-state index in [0.29, 0.717) is 11.1 Å². The summed E-state index contributed by atoms with van der Waals surface area (Å²) in [6, 6.07) is 10.6. The Hall–Kier alpha value is -2.80. The summed E-state index contributed by atoms with van der Waals surface area (Å²) in [6.07, 6.45) is -1.06. The molecule has 0 aromatic heterocycles. The van der Waals surface area contributed by atoms with Crippen LogP contribution in [0.1, 0.15) is 17.2 Å². The first-order valence-corrected chi connectivity index (χ1v) is 7.19. The molecule has 126 valence electrons. The average molecular weight is 334 g/mol. The van der Waals surface area contributed by atoms with E-state index >= 15 is 0 Å². The molecule has 0 fully saturated rings. The molecule has 2 amide bonds. The zero-order valence-corrected chi connectivity index (χ0v) is 12.6. The lowest BCUT2D eigenvalue weighted by Gasteiger charge is -2.12. The Morgan fingerprint density at radius 3 is 1.96 bits per heavy atom. The third-order valence-electron chi connectivity index (χ3n) is 3.28. The molecule has 2 rings (SSSR count). The summed E-state index contributed by atoms with van der Waals surface area (Å²) in [5, 5.41) is 14.5. The van der Waals surface area contributed by atoms with Crippen molar-refractivity contribution in [3.05, 3.63) is 71.3 Å². The molecule has 0 radical (unpaired) electrons. The predicted octanol–water partition coefficient (Wildman–Crippen LogP) is 1.43. The largest absolute Gasteiger partial charge is 0.387 e. The molecule has 0 bridgehead atoms. The van der Waals surface area contributed by atoms with E-state index in [0.717, 1.165) is 0 Å². The Morgan fingerprint density at radius 2 is 1.38 bits per heavy atom. The van der Waals surface area contributed by atoms with Crippen molar-refractivity contribution in [2.45, 2.75) is 12.6 Å². The Balaban J connectivity index is 1.77. The topological polar surface area (TPSA) is 78.4 Å². The number of carbonyl (C=O) groups excluding carboxylic acids is 2. The molecule has 0 aliphatic carbocycles. The highest BCUT2D eigenvalue weighted by Crippen LogP contribution is 2.12. The summed E-state index contributed by atoms with van der Waals surface area (Å²) in [7, 11) is 0. The van der Waals surface area contributed by atoms with Crippen molar-refractivity contribution in [3.8, 4) is 0 Å². The summed E-state index contributed by atoms with van der Waals surface area (Å²) >= 11 is 0. The maximum Gasteiger partial charge on any atom is 0.309 e. The number of amides is 2. The van der Waals surface area contributed by atoms with Crippen LogP contribution < -0.4 is 10.6 Å². The third kappa shape index (κ3) is 5.13. The zero-order valence-electron chi connectivity index (χ0n) is 12.6. The second-order valence-electron chi connectivity index (χ2n) is 5.09. The number of hydrogen-bond acceptors (Lipinski definition) is 3. The first-order valence-electron chi connectivity index (χ1n) is 7.19. The van der Waals surface area contributed by atoms with Crippen molar-refractivity contribution in [2.24, 2.45) is 0 Å². The molecule has 7 heteroatoms. The number of nitrogens with one attached hydrogen (secondary N) is 2. The van der Waals surface area contributed by atoms with Crippen molar-refractivity contribution in [2.75, 3.05) is 6.54 Å². The van der Waals surface area contributed by atoms with E-state index in [1.807, 2.05) is 0 Å². The minimum Gasteiger partial charge on any atom is -0.387 e. The van der Waals surface area contributed by atoms with Gasteiger partial charge in [-0.15, -0.1) is 0 Å². The van der Waals surface area contributed by atoms with Crippen LogP contribution in [-0.2, 0) is 16.1 Å². The maximum absolute atomic E-state index is 12.8. The summed E-state index contributed by atoms with van der Waals surface area (Å²) in [6.45, 7) is -0.110. The molecule has 0 saturated heterocycles. The van der Waals surface area contributed by atoms with E-state index in [1.54, 1.807) is 0 Å². The molecule has 2 aromatic carbocycles. The van der Waals surface area contributed by atoms with Gasteiger partial charge in [-0.1, -0.05) is 24.3 Å². The number of hydrogen-bond donors (Lipinski definition) is 3. The lowest BCUT2D eigenvalue weighted by atomic mass is 10.1. The van der Waals surface area contributed by atoms with Gasteiger partial charge in [0.1, 0.15) is 11.6 Å². The van der Waals surface area contributed by atoms with Gasteiger partial charge in [0, 0.05) is 13.1 Å². The van der Waals surface area contributed by atoms with Crippen LogP contribution in [0.25, 0.3) is 0 Å². The van der Waals surface area contributed by atoms with Gasteiger partial charge in [0.15, 0.2) is 0 Å². The van der Waals surface area contributed by atoms with Gasteiger partial charge in [-0.2, -0.15) is 0 Å². The normalized spacial score (nSPS) is 11.6. The van der Waals surface area contributed by atoms with Crippen LogP contribution in [0, 0.1) is 11.6 Å². The summed E-state index contributed by atoms with van der Waals surface area (Å²) in [4.78, 5) is 23.3. The van der Waals surface area contributed by atoms with E-state index in [1.165, 1.54) is 48.5 Å². The van der Waals surface area contributed by atoms with Gasteiger partial charge >= 0.3 is 11.8 Å². The highest BCUT2D eigenvalue weighted by atomic mass is 19.1. The van der Waals surface area contributed by atoms with Crippen LogP contribution in [0.15, 0.2) is 48.5 Å². The second-order valence-corrected chi connectivity index (χ2v) is 5.09. The van der Waals surface area contributed by atoms with Gasteiger partial charge < -0.3 is 15.7 Å². The van der Waals surface area contributed by atoms with Crippen LogP contribution in [0.3, 0.4) is 0 Å². The number of benzene rings is 2. The van der Waals surface area contributed by atoms with Crippen LogP contribution in [0.4, 0.5) is 8.78 Å². The monoisotopic (exact) mass is 334 g/mol. The van der Waals surface area contributed by atoms with Gasteiger partial charge in [0.25, 0.3) is 0 Å². The molecule has 24 heavy (non-hydrogen) atoms. The molecule has 2 aromatic rings. The standard InChI is InChI=1S/C17H16F2N2O3/c18-13-5-1-11(2-6-13)9-20-16(23)17(24)21-10-15(22)12-3-7-14(19)8-4-12/h1-8,15,22H,9-10H2,(H,20,23)(H,21,24). The molecule has 0 saturated carbocycles. The van der Waals surface area contributed by atoms with Crippen LogP contribution in [0.2, 0.25) is 0 Å². The Labute approximate surface area is 137 Å². The molecule has 3 N–H and O–H groups in total. The summed E-state index contributed by atoms with van der Waals surface area (Å²) < 4.78 is 25.5. The minimum atomic E-state index is -1.06. The molecular weight excluding hydrogens is 318 g/mol. The van der Waals surface area contributed by atoms with Gasteiger partial charge in [0.2, 0.25) is 0 Å². The first kappa shape index (κ1) is 17.6. The smallest absolute Gasteiger partial charge is 0.309 e. The summed E-state index contributed by atoms with van der Waals surface area (Å²) in [5.41, 5.74) is 1.06. The maximum atomic E-state index is 12.8. The molecule has 5 nitrogen and oxygen atoms in total. The van der Waals surface area contributed by atoms with Crippen molar-refractivity contribution in [1.82, 2.24) is 10.6 Å². The van der Waals surface area contributed by atoms with Crippen LogP contribution in [-0.4, -0.2) is 23.5 Å². The second kappa shape index (κ2) is 8.16. The van der Waals surface area contributed by atoms with Gasteiger partial charge in [-0.25, -0.2) is 8.78 Å². The van der Waals surface area contributed by atoms with Gasteiger partial charge in [0.05, 0.1) is 6.10 Å². The number of aliphatic hydroxyl groups is 1. The molecule has 0 heterocycles. The first-order chi connectivity index (χ1) is 11.5. The molecule has 0 aliphatic heterocycles. The lowest BCUT2D eigenvalue weighted by Crippen LogP contribution is -2.41. The lowest BCUT2D eigenvalue weighted by molar-refractivity contribution is -0.139. The highest BCUT2D eigenvalue weighted by molar-refractivity contribution is 6.35. The van der Waals surface area contributed by atoms with E-state index in [9.17, 15) is 23.5 Å². The number of carbonyl (C=O) groups is 2. The molecule has 0 spiro atoms. The fourth-order valence-electron chi connectivity index (χ4n) is 1.94. The average Bonchev–Trinajstić information content (AvgIpc) is 2.59. The Kier molecular flexibility index (Phi) is 5.97. The molecule has 0 aliphatic rings. The Morgan fingerprint density at radius 1 is 0.875 bits per heavy atom. The van der Waals surface area contributed by atoms with Crippen LogP contribution in [0.5, 0.6) is 0 Å². The molecule has 1 unspecified atom stereocenters. The van der Waals surface area contributed by atoms with E-state index in [4.69, 9.17) is 0 Å². The van der Waals surface area contributed by atoms with Crippen molar-refractivity contribution < 1.29 is 23.5 Å². The SMILES string of the molecule is O=C(NCc1ccc(F)cc1)C(=O)NCC(O)c1ccc(F)cc1. The number of rotatable bonds is 5. The quantitative estimate of drug-likeness (QED) is 0.724. The van der Waals surface area contributed by atoms with E-state index in [-0.39, 0.29) is 13.1 Å². The van der Waals surface area contributed by atoms with Crippen molar-refractivity contribution >= 4 is 11.8 Å². The summed E-state index contributed by atoms with van der Waals surface area (Å²) in [5.74, 6) is -2.60. The third-order valence-corrected chi connectivity index (χ3v) is 3.28. The number of aliphatic hydroxyl groups excluding tert-OH is 1. The number of halogens is 2. The fourth-order valence-corrected chi connectivity index (χ4v) is 1.94. The molecular formula is C17H16F2N2O3. The van der Waals surface area contributed by atoms with Gasteiger partial charge in [-0.05, 0) is 35.4 Å². The molecule has 1 atom stereocenters.